The van der Waals surface area contributed by atoms with Crippen LogP contribution in [0.1, 0.15) is 52.5 Å². The van der Waals surface area contributed by atoms with Crippen molar-refractivity contribution in [3.05, 3.63) is 68.3 Å². The predicted octanol–water partition coefficient (Wildman–Crippen LogP) is 4.11. The Morgan fingerprint density at radius 3 is 2.82 bits per heavy atom. The van der Waals surface area contributed by atoms with E-state index in [-0.39, 0.29) is 17.7 Å². The highest BCUT2D eigenvalue weighted by molar-refractivity contribution is 8.00. The molecule has 1 aliphatic rings. The number of anilines is 1. The lowest BCUT2D eigenvalue weighted by Gasteiger charge is -2.23. The van der Waals surface area contributed by atoms with E-state index in [2.05, 4.69) is 27.4 Å². The average molecular weight is 500 g/mol. The first-order valence-corrected chi connectivity index (χ1v) is 12.7. The number of hydrogen-bond donors (Lipinski definition) is 3. The van der Waals surface area contributed by atoms with E-state index < -0.39 is 22.7 Å². The number of aromatic amines is 1. The molecule has 2 unspecified atom stereocenters. The molecule has 2 aromatic heterocycles. The highest BCUT2D eigenvalue weighted by atomic mass is 32.2. The van der Waals surface area contributed by atoms with Gasteiger partial charge in [-0.05, 0) is 50.2 Å². The minimum absolute atomic E-state index is 0.134. The predicted molar refractivity (Wildman–Crippen MR) is 132 cm³/mol. The zero-order valence-electron chi connectivity index (χ0n) is 18.8. The van der Waals surface area contributed by atoms with E-state index >= 15 is 0 Å². The molecule has 0 saturated heterocycles. The molecule has 0 aliphatic heterocycles. The Kier molecular flexibility index (Phi) is 7.38. The van der Waals surface area contributed by atoms with E-state index in [1.807, 2.05) is 18.2 Å². The highest BCUT2D eigenvalue weighted by Crippen LogP contribution is 2.43. The van der Waals surface area contributed by atoms with E-state index in [1.165, 1.54) is 16.9 Å². The fourth-order valence-electron chi connectivity index (χ4n) is 4.02. The van der Waals surface area contributed by atoms with Crippen molar-refractivity contribution in [2.45, 2.75) is 49.4 Å². The van der Waals surface area contributed by atoms with Gasteiger partial charge in [0.25, 0.3) is 5.56 Å². The van der Waals surface area contributed by atoms with Gasteiger partial charge in [0.15, 0.2) is 5.16 Å². The van der Waals surface area contributed by atoms with Crippen LogP contribution in [0.25, 0.3) is 0 Å². The molecule has 8 nitrogen and oxygen atoms in total. The summed E-state index contributed by atoms with van der Waals surface area (Å²) in [5.41, 5.74) is 2.14. The number of fused-ring (bicyclic) bond motifs is 1. The summed E-state index contributed by atoms with van der Waals surface area (Å²) in [6.07, 6.45) is 2.44. The molecule has 4 rings (SSSR count). The summed E-state index contributed by atoms with van der Waals surface area (Å²) >= 11 is 2.42. The number of H-pyrrole nitrogens is 1. The molecule has 0 bridgehead atoms. The maximum Gasteiger partial charge on any atom is 0.341 e. The summed E-state index contributed by atoms with van der Waals surface area (Å²) in [5, 5.41) is 12.4. The van der Waals surface area contributed by atoms with E-state index in [0.29, 0.717) is 16.5 Å². The average Bonchev–Trinajstić information content (AvgIpc) is 3.16. The molecule has 3 N–H and O–H groups in total. The van der Waals surface area contributed by atoms with Crippen LogP contribution < -0.4 is 10.9 Å². The number of carbonyl (C=O) groups is 2. The van der Waals surface area contributed by atoms with E-state index in [4.69, 9.17) is 4.74 Å². The Bertz CT molecular complexity index is 1260. The number of esters is 1. The van der Waals surface area contributed by atoms with Crippen LogP contribution in [0.4, 0.5) is 5.00 Å². The third-order valence-corrected chi connectivity index (χ3v) is 7.77. The smallest absolute Gasteiger partial charge is 0.341 e. The number of aromatic hydroxyl groups is 1. The Morgan fingerprint density at radius 1 is 1.35 bits per heavy atom. The van der Waals surface area contributed by atoms with Crippen molar-refractivity contribution in [1.29, 1.82) is 0 Å². The van der Waals surface area contributed by atoms with Gasteiger partial charge in [-0.15, -0.1) is 11.3 Å². The molecule has 34 heavy (non-hydrogen) atoms. The van der Waals surface area contributed by atoms with Crippen LogP contribution in [0, 0.1) is 0 Å². The molecule has 0 fully saturated rings. The lowest BCUT2D eigenvalue weighted by atomic mass is 9.83. The summed E-state index contributed by atoms with van der Waals surface area (Å²) < 4.78 is 5.30. The molecule has 1 aromatic carbocycles. The van der Waals surface area contributed by atoms with Crippen LogP contribution in [0.3, 0.4) is 0 Å². The normalized spacial score (nSPS) is 15.9. The van der Waals surface area contributed by atoms with Crippen molar-refractivity contribution in [2.75, 3.05) is 11.9 Å². The first kappa shape index (κ1) is 24.0. The fourth-order valence-corrected chi connectivity index (χ4v) is 6.14. The highest BCUT2D eigenvalue weighted by Gasteiger charge is 2.31. The van der Waals surface area contributed by atoms with E-state index in [0.717, 1.165) is 47.5 Å². The number of thiophene rings is 1. The molecule has 3 aromatic rings. The second kappa shape index (κ2) is 10.4. The van der Waals surface area contributed by atoms with Gasteiger partial charge in [-0.25, -0.2) is 4.79 Å². The van der Waals surface area contributed by atoms with Gasteiger partial charge in [-0.2, -0.15) is 4.98 Å². The van der Waals surface area contributed by atoms with Gasteiger partial charge in [-0.1, -0.05) is 42.1 Å². The second-order valence-corrected chi connectivity index (χ2v) is 10.4. The number of carbonyl (C=O) groups excluding carboxylic acids is 2. The molecular formula is C24H25N3O5S2. The summed E-state index contributed by atoms with van der Waals surface area (Å²) in [5.74, 6) is -0.844. The summed E-state index contributed by atoms with van der Waals surface area (Å²) in [7, 11) is 0. The summed E-state index contributed by atoms with van der Waals surface area (Å²) in [6.45, 7) is 3.65. The molecule has 0 saturated carbocycles. The van der Waals surface area contributed by atoms with Gasteiger partial charge in [0.2, 0.25) is 11.8 Å². The van der Waals surface area contributed by atoms with Gasteiger partial charge in [0.1, 0.15) is 5.00 Å². The van der Waals surface area contributed by atoms with Crippen molar-refractivity contribution in [2.24, 2.45) is 0 Å². The molecular weight excluding hydrogens is 474 g/mol. The second-order valence-electron chi connectivity index (χ2n) is 7.94. The van der Waals surface area contributed by atoms with Crippen molar-refractivity contribution in [3.63, 3.8) is 0 Å². The lowest BCUT2D eigenvalue weighted by Crippen LogP contribution is -2.24. The van der Waals surface area contributed by atoms with Crippen molar-refractivity contribution in [1.82, 2.24) is 9.97 Å². The lowest BCUT2D eigenvalue weighted by molar-refractivity contribution is -0.115. The Labute approximate surface area is 204 Å². The number of rotatable bonds is 7. The standard InChI is InChI=1S/C24H25N3O5S2/c1-3-32-23(31)20-16-10-9-15(14-7-5-4-6-8-14)11-17(16)34-22(20)27-21(30)13(2)33-24-25-18(28)12-19(29)26-24/h4-8,12-13,15H,3,9-11H2,1-2H3,(H,27,30)(H2,25,26,28,29). The van der Waals surface area contributed by atoms with Gasteiger partial charge in [0, 0.05) is 4.88 Å². The van der Waals surface area contributed by atoms with Gasteiger partial charge in [0.05, 0.1) is 23.5 Å². The van der Waals surface area contributed by atoms with Crippen LogP contribution in [-0.2, 0) is 22.4 Å². The number of amides is 1. The molecule has 1 amide bonds. The zero-order valence-corrected chi connectivity index (χ0v) is 20.4. The number of nitrogens with zero attached hydrogens (tertiary/aromatic N) is 1. The number of aromatic nitrogens is 2. The molecule has 2 atom stereocenters. The SMILES string of the molecule is CCOC(=O)c1c(NC(=O)C(C)Sc2nc(O)cc(=O)[nH]2)sc2c1CCC(c1ccccc1)C2. The summed E-state index contributed by atoms with van der Waals surface area (Å²) in [4.78, 5) is 44.7. The quantitative estimate of drug-likeness (QED) is 0.254. The van der Waals surface area contributed by atoms with Crippen LogP contribution in [0.15, 0.2) is 46.3 Å². The van der Waals surface area contributed by atoms with Crippen molar-refractivity contribution >= 4 is 40.0 Å². The molecule has 1 aliphatic carbocycles. The molecule has 0 radical (unpaired) electrons. The molecule has 0 spiro atoms. The van der Waals surface area contributed by atoms with Crippen LogP contribution in [0.5, 0.6) is 5.88 Å². The number of thioether (sulfide) groups is 1. The Hall–Kier alpha value is -3.11. The minimum atomic E-state index is -0.642. The third-order valence-electron chi connectivity index (χ3n) is 5.62. The third kappa shape index (κ3) is 5.34. The Morgan fingerprint density at radius 2 is 2.12 bits per heavy atom. The fraction of sp³-hybridized carbons (Fsp3) is 0.333. The monoisotopic (exact) mass is 499 g/mol. The zero-order chi connectivity index (χ0) is 24.2. The van der Waals surface area contributed by atoms with E-state index in [9.17, 15) is 19.5 Å². The minimum Gasteiger partial charge on any atom is -0.493 e. The van der Waals surface area contributed by atoms with E-state index in [1.54, 1.807) is 13.8 Å². The first-order chi connectivity index (χ1) is 16.4. The number of ether oxygens (including phenoxy) is 1. The number of hydrogen-bond acceptors (Lipinski definition) is 8. The molecule has 2 heterocycles. The van der Waals surface area contributed by atoms with Gasteiger partial charge >= 0.3 is 5.97 Å². The van der Waals surface area contributed by atoms with Crippen LogP contribution in [-0.4, -0.2) is 38.8 Å². The molecule has 10 heteroatoms. The summed E-state index contributed by atoms with van der Waals surface area (Å²) in [6, 6.07) is 11.3. The largest absolute Gasteiger partial charge is 0.493 e. The topological polar surface area (TPSA) is 121 Å². The van der Waals surface area contributed by atoms with Gasteiger partial charge < -0.3 is 20.1 Å². The maximum absolute atomic E-state index is 13.0. The van der Waals surface area contributed by atoms with Gasteiger partial charge in [-0.3, -0.25) is 9.59 Å². The van der Waals surface area contributed by atoms with Crippen molar-refractivity contribution in [3.8, 4) is 5.88 Å². The first-order valence-electron chi connectivity index (χ1n) is 11.0. The van der Waals surface area contributed by atoms with Crippen LogP contribution >= 0.6 is 23.1 Å². The Balaban J connectivity index is 1.57. The molecule has 178 valence electrons. The van der Waals surface area contributed by atoms with Crippen molar-refractivity contribution < 1.29 is 19.4 Å². The van der Waals surface area contributed by atoms with Crippen LogP contribution in [0.2, 0.25) is 0 Å². The number of nitrogens with one attached hydrogen (secondary N) is 2. The number of benzene rings is 1. The maximum atomic E-state index is 13.0.